The number of aryl methyl sites for hydroxylation is 1. The largest absolute Gasteiger partial charge is 0.370 e. The average molecular weight is 326 g/mol. The zero-order valence-electron chi connectivity index (χ0n) is 14.1. The fraction of sp³-hybridized carbons (Fsp3) is 0.611. The first kappa shape index (κ1) is 15.6. The van der Waals surface area contributed by atoms with Crippen LogP contribution in [-0.2, 0) is 19.3 Å². The van der Waals surface area contributed by atoms with Gasteiger partial charge in [0.2, 0.25) is 0 Å². The van der Waals surface area contributed by atoms with Crippen LogP contribution >= 0.6 is 0 Å². The molecule has 0 bridgehead atoms. The van der Waals surface area contributed by atoms with Gasteiger partial charge in [-0.25, -0.2) is 9.97 Å². The zero-order chi connectivity index (χ0) is 16.2. The maximum Gasteiger partial charge on any atom is 0.129 e. The van der Waals surface area contributed by atoms with Gasteiger partial charge in [0.1, 0.15) is 12.1 Å². The third-order valence-electron chi connectivity index (χ3n) is 5.21. The van der Waals surface area contributed by atoms with E-state index in [-0.39, 0.29) is 0 Å². The van der Waals surface area contributed by atoms with Gasteiger partial charge in [-0.2, -0.15) is 5.10 Å². The van der Waals surface area contributed by atoms with Gasteiger partial charge in [-0.15, -0.1) is 0 Å². The molecule has 0 spiro atoms. The highest BCUT2D eigenvalue weighted by Gasteiger charge is 2.18. The molecular formula is C18H26N6. The van der Waals surface area contributed by atoms with Crippen LogP contribution < -0.4 is 10.6 Å². The molecule has 1 saturated heterocycles. The number of fused-ring (bicyclic) bond motifs is 1. The smallest absolute Gasteiger partial charge is 0.129 e. The van der Waals surface area contributed by atoms with Crippen molar-refractivity contribution in [2.45, 2.75) is 50.9 Å². The highest BCUT2D eigenvalue weighted by atomic mass is 15.1. The van der Waals surface area contributed by atoms with Crippen molar-refractivity contribution >= 4 is 5.82 Å². The van der Waals surface area contributed by atoms with E-state index in [1.54, 1.807) is 6.33 Å². The lowest BCUT2D eigenvalue weighted by Crippen LogP contribution is -2.28. The number of nitrogens with zero attached hydrogens (tertiary/aromatic N) is 3. The van der Waals surface area contributed by atoms with E-state index in [0.29, 0.717) is 5.92 Å². The van der Waals surface area contributed by atoms with Crippen molar-refractivity contribution in [3.05, 3.63) is 35.0 Å². The first-order chi connectivity index (χ1) is 11.9. The molecule has 2 aromatic heterocycles. The van der Waals surface area contributed by atoms with E-state index in [9.17, 15) is 0 Å². The van der Waals surface area contributed by atoms with E-state index in [2.05, 4.69) is 36.9 Å². The molecule has 3 N–H and O–H groups in total. The Morgan fingerprint density at radius 2 is 2.12 bits per heavy atom. The molecule has 0 aromatic carbocycles. The molecule has 0 amide bonds. The Balaban J connectivity index is 1.35. The molecule has 2 aliphatic rings. The van der Waals surface area contributed by atoms with Crippen molar-refractivity contribution in [2.24, 2.45) is 0 Å². The summed E-state index contributed by atoms with van der Waals surface area (Å²) >= 11 is 0. The van der Waals surface area contributed by atoms with E-state index >= 15 is 0 Å². The lowest BCUT2D eigenvalue weighted by atomic mass is 9.95. The Kier molecular flexibility index (Phi) is 4.74. The summed E-state index contributed by atoms with van der Waals surface area (Å²) in [5.41, 5.74) is 5.19. The molecule has 6 heteroatoms. The predicted molar refractivity (Wildman–Crippen MR) is 94.3 cm³/mol. The van der Waals surface area contributed by atoms with Crippen molar-refractivity contribution in [1.29, 1.82) is 0 Å². The molecule has 4 rings (SSSR count). The number of nitrogens with one attached hydrogen (secondary N) is 3. The second kappa shape index (κ2) is 7.30. The Bertz CT molecular complexity index is 674. The van der Waals surface area contributed by atoms with E-state index in [1.165, 1.54) is 49.1 Å². The minimum absolute atomic E-state index is 0.514. The van der Waals surface area contributed by atoms with Crippen LogP contribution in [0.25, 0.3) is 0 Å². The number of piperidine rings is 1. The summed E-state index contributed by atoms with van der Waals surface area (Å²) in [6.07, 6.45) is 9.96. The maximum atomic E-state index is 4.51. The molecule has 24 heavy (non-hydrogen) atoms. The predicted octanol–water partition coefficient (Wildman–Crippen LogP) is 2.20. The van der Waals surface area contributed by atoms with Gasteiger partial charge in [-0.05, 0) is 50.6 Å². The fourth-order valence-corrected chi connectivity index (χ4v) is 3.86. The molecule has 1 aliphatic carbocycles. The lowest BCUT2D eigenvalue weighted by Gasteiger charge is -2.22. The Morgan fingerprint density at radius 3 is 3.04 bits per heavy atom. The van der Waals surface area contributed by atoms with Crippen LogP contribution in [0.3, 0.4) is 0 Å². The van der Waals surface area contributed by atoms with Gasteiger partial charge < -0.3 is 10.6 Å². The molecule has 3 heterocycles. The number of rotatable bonds is 5. The van der Waals surface area contributed by atoms with Gasteiger partial charge >= 0.3 is 0 Å². The van der Waals surface area contributed by atoms with Crippen molar-refractivity contribution in [3.63, 3.8) is 0 Å². The van der Waals surface area contributed by atoms with Crippen LogP contribution in [0.5, 0.6) is 0 Å². The summed E-state index contributed by atoms with van der Waals surface area (Å²) in [6.45, 7) is 3.01. The average Bonchev–Trinajstić information content (AvgIpc) is 3.06. The molecular weight excluding hydrogens is 300 g/mol. The second-order valence-electron chi connectivity index (χ2n) is 6.88. The lowest BCUT2D eigenvalue weighted by molar-refractivity contribution is 0.454. The SMILES string of the molecule is c1nc(NCCc2n[nH]c3c2CCCC3)cc(C2CCCNC2)n1. The standard InChI is InChI=1S/C18H26N6/c1-2-6-15-14(5-1)16(24-23-15)7-9-20-18-10-17(21-12-22-18)13-4-3-8-19-11-13/h10,12-13,19H,1-9,11H2,(H,23,24)(H,20,21,22). The van der Waals surface area contributed by atoms with E-state index in [1.807, 2.05) is 0 Å². The molecule has 0 saturated carbocycles. The number of hydrogen-bond donors (Lipinski definition) is 3. The Hall–Kier alpha value is -1.95. The normalized spacial score (nSPS) is 20.6. The van der Waals surface area contributed by atoms with Crippen molar-refractivity contribution in [2.75, 3.05) is 25.0 Å². The van der Waals surface area contributed by atoms with Crippen LogP contribution in [0, 0.1) is 0 Å². The van der Waals surface area contributed by atoms with E-state index < -0.39 is 0 Å². The van der Waals surface area contributed by atoms with Gasteiger partial charge in [0, 0.05) is 37.2 Å². The quantitative estimate of drug-likeness (QED) is 0.785. The summed E-state index contributed by atoms with van der Waals surface area (Å²) < 4.78 is 0. The highest BCUT2D eigenvalue weighted by molar-refractivity contribution is 5.36. The van der Waals surface area contributed by atoms with Gasteiger partial charge in [0.05, 0.1) is 11.4 Å². The Morgan fingerprint density at radius 1 is 1.17 bits per heavy atom. The minimum atomic E-state index is 0.514. The molecule has 1 unspecified atom stereocenters. The molecule has 1 atom stereocenters. The third-order valence-corrected chi connectivity index (χ3v) is 5.21. The first-order valence-electron chi connectivity index (χ1n) is 9.21. The molecule has 6 nitrogen and oxygen atoms in total. The van der Waals surface area contributed by atoms with E-state index in [0.717, 1.165) is 44.0 Å². The van der Waals surface area contributed by atoms with Crippen molar-refractivity contribution in [3.8, 4) is 0 Å². The Labute approximate surface area is 142 Å². The molecule has 0 radical (unpaired) electrons. The van der Waals surface area contributed by atoms with Gasteiger partial charge in [-0.1, -0.05) is 0 Å². The summed E-state index contributed by atoms with van der Waals surface area (Å²) in [7, 11) is 0. The van der Waals surface area contributed by atoms with E-state index in [4.69, 9.17) is 0 Å². The number of anilines is 1. The van der Waals surface area contributed by atoms with Gasteiger partial charge in [0.15, 0.2) is 0 Å². The monoisotopic (exact) mass is 326 g/mol. The van der Waals surface area contributed by atoms with Gasteiger partial charge in [0.25, 0.3) is 0 Å². The van der Waals surface area contributed by atoms with Crippen LogP contribution in [0.4, 0.5) is 5.82 Å². The topological polar surface area (TPSA) is 78.5 Å². The zero-order valence-corrected chi connectivity index (χ0v) is 14.1. The molecule has 1 aliphatic heterocycles. The summed E-state index contributed by atoms with van der Waals surface area (Å²) in [6, 6.07) is 2.11. The first-order valence-corrected chi connectivity index (χ1v) is 9.21. The molecule has 128 valence electrons. The van der Waals surface area contributed by atoms with Gasteiger partial charge in [-0.3, -0.25) is 5.10 Å². The maximum absolute atomic E-state index is 4.51. The minimum Gasteiger partial charge on any atom is -0.370 e. The second-order valence-corrected chi connectivity index (χ2v) is 6.88. The van der Waals surface area contributed by atoms with Crippen LogP contribution in [0.2, 0.25) is 0 Å². The number of aromatic nitrogens is 4. The molecule has 2 aromatic rings. The third kappa shape index (κ3) is 3.43. The number of hydrogen-bond acceptors (Lipinski definition) is 5. The molecule has 1 fully saturated rings. The van der Waals surface area contributed by atoms with Crippen LogP contribution in [-0.4, -0.2) is 39.8 Å². The summed E-state index contributed by atoms with van der Waals surface area (Å²) in [5, 5.41) is 14.6. The van der Waals surface area contributed by atoms with Crippen molar-refractivity contribution in [1.82, 2.24) is 25.5 Å². The fourth-order valence-electron chi connectivity index (χ4n) is 3.86. The highest BCUT2D eigenvalue weighted by Crippen LogP contribution is 2.23. The van der Waals surface area contributed by atoms with Crippen LogP contribution in [0.1, 0.15) is 54.2 Å². The van der Waals surface area contributed by atoms with Crippen LogP contribution in [0.15, 0.2) is 12.4 Å². The number of aromatic amines is 1. The van der Waals surface area contributed by atoms with Crippen molar-refractivity contribution < 1.29 is 0 Å². The summed E-state index contributed by atoms with van der Waals surface area (Å²) in [5.74, 6) is 1.44. The summed E-state index contributed by atoms with van der Waals surface area (Å²) in [4.78, 5) is 8.84. The number of H-pyrrole nitrogens is 1.